The molecule has 2 atom stereocenters. The van der Waals surface area contributed by atoms with Crippen LogP contribution in [0.3, 0.4) is 0 Å². The van der Waals surface area contributed by atoms with Crippen molar-refractivity contribution in [3.8, 4) is 0 Å². The normalized spacial score (nSPS) is 25.4. The van der Waals surface area contributed by atoms with Gasteiger partial charge in [-0.3, -0.25) is 4.99 Å². The lowest BCUT2D eigenvalue weighted by molar-refractivity contribution is 0.0526. The van der Waals surface area contributed by atoms with E-state index in [2.05, 4.69) is 63.4 Å². The van der Waals surface area contributed by atoms with Gasteiger partial charge in [0.1, 0.15) is 5.65 Å². The number of pyridine rings is 1. The van der Waals surface area contributed by atoms with E-state index in [1.54, 1.807) is 0 Å². The first-order chi connectivity index (χ1) is 13.1. The van der Waals surface area contributed by atoms with Gasteiger partial charge in [0.2, 0.25) is 0 Å². The minimum absolute atomic E-state index is 0. The minimum atomic E-state index is 0. The van der Waals surface area contributed by atoms with E-state index in [1.165, 1.54) is 37.7 Å². The van der Waals surface area contributed by atoms with Crippen molar-refractivity contribution in [2.75, 3.05) is 20.6 Å². The third kappa shape index (κ3) is 4.62. The van der Waals surface area contributed by atoms with Crippen LogP contribution in [0.25, 0.3) is 5.65 Å². The molecule has 2 aliphatic rings. The Bertz CT molecular complexity index is 802. The molecule has 2 aromatic rings. The fraction of sp³-hybridized carbons (Fsp3) is 0.619. The molecule has 0 aromatic carbocycles. The monoisotopic (exact) mass is 496 g/mol. The van der Waals surface area contributed by atoms with Crippen molar-refractivity contribution in [1.82, 2.24) is 24.9 Å². The number of imidazole rings is 1. The minimum Gasteiger partial charge on any atom is -0.356 e. The lowest BCUT2D eigenvalue weighted by Gasteiger charge is -2.47. The Balaban J connectivity index is 0.00000225. The van der Waals surface area contributed by atoms with E-state index >= 15 is 0 Å². The summed E-state index contributed by atoms with van der Waals surface area (Å²) in [6.07, 6.45) is 11.6. The lowest BCUT2D eigenvalue weighted by atomic mass is 9.82. The molecule has 0 radical (unpaired) electrons. The second-order valence-electron chi connectivity index (χ2n) is 8.12. The summed E-state index contributed by atoms with van der Waals surface area (Å²) in [6, 6.07) is 6.16. The van der Waals surface area contributed by atoms with Crippen LogP contribution in [0.15, 0.2) is 29.5 Å². The van der Waals surface area contributed by atoms with Gasteiger partial charge in [-0.15, -0.1) is 24.0 Å². The summed E-state index contributed by atoms with van der Waals surface area (Å²) in [7, 11) is 4.16. The SMILES string of the molecule is CN=C(NCCc1cn2cccc(C)c2n1)NC1CC2CCCC(C1)N2C.I. The number of guanidine groups is 1. The summed E-state index contributed by atoms with van der Waals surface area (Å²) in [5, 5.41) is 7.14. The molecule has 0 saturated carbocycles. The zero-order valence-electron chi connectivity index (χ0n) is 17.2. The highest BCUT2D eigenvalue weighted by atomic mass is 127. The van der Waals surface area contributed by atoms with Gasteiger partial charge in [-0.1, -0.05) is 12.5 Å². The summed E-state index contributed by atoms with van der Waals surface area (Å²) < 4.78 is 2.11. The Morgan fingerprint density at radius 3 is 2.71 bits per heavy atom. The van der Waals surface area contributed by atoms with Crippen LogP contribution in [0.5, 0.6) is 0 Å². The average Bonchev–Trinajstić information content (AvgIpc) is 3.06. The first kappa shape index (κ1) is 21.4. The molecule has 7 heteroatoms. The summed E-state index contributed by atoms with van der Waals surface area (Å²) in [5.74, 6) is 0.919. The number of aryl methyl sites for hydroxylation is 1. The quantitative estimate of drug-likeness (QED) is 0.389. The number of nitrogens with one attached hydrogen (secondary N) is 2. The van der Waals surface area contributed by atoms with Crippen LogP contribution in [0, 0.1) is 6.92 Å². The Kier molecular flexibility index (Phi) is 7.20. The van der Waals surface area contributed by atoms with Gasteiger partial charge in [-0.2, -0.15) is 0 Å². The Morgan fingerprint density at radius 2 is 2.04 bits per heavy atom. The van der Waals surface area contributed by atoms with E-state index in [1.807, 2.05) is 7.05 Å². The van der Waals surface area contributed by atoms with Crippen LogP contribution in [0.1, 0.15) is 43.4 Å². The molecule has 154 valence electrons. The number of halogens is 1. The van der Waals surface area contributed by atoms with Gasteiger partial charge in [-0.25, -0.2) is 4.98 Å². The number of nitrogens with zero attached hydrogens (tertiary/aromatic N) is 4. The van der Waals surface area contributed by atoms with E-state index in [0.29, 0.717) is 6.04 Å². The Hall–Kier alpha value is -1.35. The first-order valence-corrected chi connectivity index (χ1v) is 10.3. The summed E-state index contributed by atoms with van der Waals surface area (Å²) in [5.41, 5.74) is 3.37. The van der Waals surface area contributed by atoms with E-state index in [9.17, 15) is 0 Å². The van der Waals surface area contributed by atoms with Crippen molar-refractivity contribution < 1.29 is 0 Å². The largest absolute Gasteiger partial charge is 0.356 e. The molecule has 6 nitrogen and oxygen atoms in total. The highest BCUT2D eigenvalue weighted by Crippen LogP contribution is 2.32. The van der Waals surface area contributed by atoms with Crippen molar-refractivity contribution >= 4 is 35.6 Å². The molecule has 0 spiro atoms. The maximum Gasteiger partial charge on any atom is 0.191 e. The van der Waals surface area contributed by atoms with Crippen LogP contribution in [0.4, 0.5) is 0 Å². The van der Waals surface area contributed by atoms with Gasteiger partial charge in [0.15, 0.2) is 5.96 Å². The average molecular weight is 496 g/mol. The van der Waals surface area contributed by atoms with Crippen LogP contribution in [0.2, 0.25) is 0 Å². The van der Waals surface area contributed by atoms with E-state index in [-0.39, 0.29) is 24.0 Å². The maximum atomic E-state index is 4.75. The zero-order valence-corrected chi connectivity index (χ0v) is 19.5. The number of fused-ring (bicyclic) bond motifs is 3. The molecule has 2 fully saturated rings. The molecule has 28 heavy (non-hydrogen) atoms. The van der Waals surface area contributed by atoms with Crippen LogP contribution >= 0.6 is 24.0 Å². The molecule has 2 aliphatic heterocycles. The van der Waals surface area contributed by atoms with Gasteiger partial charge >= 0.3 is 0 Å². The second-order valence-corrected chi connectivity index (χ2v) is 8.12. The van der Waals surface area contributed by atoms with Crippen LogP contribution < -0.4 is 10.6 Å². The van der Waals surface area contributed by atoms with Gasteiger partial charge in [0.05, 0.1) is 5.69 Å². The predicted molar refractivity (Wildman–Crippen MR) is 126 cm³/mol. The summed E-state index contributed by atoms with van der Waals surface area (Å²) in [4.78, 5) is 11.8. The molecule has 2 bridgehead atoms. The number of piperidine rings is 2. The number of hydrogen-bond donors (Lipinski definition) is 2. The standard InChI is InChI=1S/C21H32N6.HI/c1-15-6-5-11-27-14-16(24-20(15)27)9-10-23-21(22-2)25-17-12-18-7-4-8-19(13-17)26(18)3;/h5-6,11,14,17-19H,4,7-10,12-13H2,1-3H3,(H2,22,23,25);1H. The molecular formula is C21H33IN6. The van der Waals surface area contributed by atoms with Gasteiger partial charge in [-0.05, 0) is 51.3 Å². The predicted octanol–water partition coefficient (Wildman–Crippen LogP) is 2.98. The first-order valence-electron chi connectivity index (χ1n) is 10.3. The van der Waals surface area contributed by atoms with Gasteiger partial charge in [0, 0.05) is 50.5 Å². The van der Waals surface area contributed by atoms with Gasteiger partial charge < -0.3 is 19.9 Å². The molecule has 2 saturated heterocycles. The fourth-order valence-corrected chi connectivity index (χ4v) is 4.76. The third-order valence-corrected chi connectivity index (χ3v) is 6.31. The van der Waals surface area contributed by atoms with E-state index in [4.69, 9.17) is 4.98 Å². The smallest absolute Gasteiger partial charge is 0.191 e. The Labute approximate surface area is 185 Å². The van der Waals surface area contributed by atoms with Crippen LogP contribution in [-0.4, -0.2) is 59.0 Å². The molecule has 0 amide bonds. The third-order valence-electron chi connectivity index (χ3n) is 6.31. The molecule has 4 heterocycles. The number of hydrogen-bond acceptors (Lipinski definition) is 3. The van der Waals surface area contributed by atoms with E-state index in [0.717, 1.165) is 42.3 Å². The Morgan fingerprint density at radius 1 is 1.29 bits per heavy atom. The molecule has 2 unspecified atom stereocenters. The lowest BCUT2D eigenvalue weighted by Crippen LogP contribution is -2.56. The van der Waals surface area contributed by atoms with Crippen molar-refractivity contribution in [3.05, 3.63) is 35.8 Å². The maximum absolute atomic E-state index is 4.75. The van der Waals surface area contributed by atoms with Gasteiger partial charge in [0.25, 0.3) is 0 Å². The van der Waals surface area contributed by atoms with Crippen molar-refractivity contribution in [3.63, 3.8) is 0 Å². The molecular weight excluding hydrogens is 463 g/mol. The zero-order chi connectivity index (χ0) is 18.8. The highest BCUT2D eigenvalue weighted by molar-refractivity contribution is 14.0. The molecule has 0 aliphatic carbocycles. The summed E-state index contributed by atoms with van der Waals surface area (Å²) in [6.45, 7) is 2.94. The number of rotatable bonds is 4. The number of aromatic nitrogens is 2. The van der Waals surface area contributed by atoms with Crippen molar-refractivity contribution in [2.24, 2.45) is 4.99 Å². The topological polar surface area (TPSA) is 57.0 Å². The highest BCUT2D eigenvalue weighted by Gasteiger charge is 2.36. The van der Waals surface area contributed by atoms with Crippen molar-refractivity contribution in [2.45, 2.75) is 63.6 Å². The molecule has 2 N–H and O–H groups in total. The summed E-state index contributed by atoms with van der Waals surface area (Å²) >= 11 is 0. The van der Waals surface area contributed by atoms with E-state index < -0.39 is 0 Å². The van der Waals surface area contributed by atoms with Crippen molar-refractivity contribution in [1.29, 1.82) is 0 Å². The fourth-order valence-electron chi connectivity index (χ4n) is 4.76. The van der Waals surface area contributed by atoms with Crippen LogP contribution in [-0.2, 0) is 6.42 Å². The second kappa shape index (κ2) is 9.43. The molecule has 4 rings (SSSR count). The molecule has 2 aromatic heterocycles. The number of aliphatic imine (C=N–C) groups is 1.